The first-order valence-electron chi connectivity index (χ1n) is 7.80. The molecule has 0 spiro atoms. The summed E-state index contributed by atoms with van der Waals surface area (Å²) in [5.41, 5.74) is 0.525. The normalized spacial score (nSPS) is 17.7. The Kier molecular flexibility index (Phi) is 6.32. The number of hydrogen-bond donors (Lipinski definition) is 2. The van der Waals surface area contributed by atoms with Gasteiger partial charge >= 0.3 is 6.03 Å². The molecule has 7 heteroatoms. The fourth-order valence-corrected chi connectivity index (χ4v) is 2.54. The van der Waals surface area contributed by atoms with Crippen LogP contribution >= 0.6 is 0 Å². The van der Waals surface area contributed by atoms with Crippen molar-refractivity contribution >= 4 is 11.7 Å². The molecule has 0 saturated carbocycles. The van der Waals surface area contributed by atoms with Gasteiger partial charge in [-0.3, -0.25) is 4.90 Å². The van der Waals surface area contributed by atoms with Crippen LogP contribution in [0.25, 0.3) is 0 Å². The zero-order valence-electron chi connectivity index (χ0n) is 13.7. The highest BCUT2D eigenvalue weighted by Crippen LogP contribution is 2.09. The van der Waals surface area contributed by atoms with Crippen LogP contribution in [0.15, 0.2) is 24.3 Å². The number of rotatable bonds is 5. The van der Waals surface area contributed by atoms with E-state index in [1.165, 1.54) is 29.2 Å². The van der Waals surface area contributed by atoms with Crippen LogP contribution in [0.1, 0.15) is 0 Å². The number of hydrogen-bond acceptors (Lipinski definition) is 4. The minimum absolute atomic E-state index is 0.249. The van der Waals surface area contributed by atoms with Gasteiger partial charge in [0.25, 0.3) is 0 Å². The average Bonchev–Trinajstić information content (AvgIpc) is 2.51. The van der Waals surface area contributed by atoms with Crippen LogP contribution in [0, 0.1) is 5.82 Å². The first kappa shape index (κ1) is 17.7. The number of amides is 2. The molecule has 0 bridgehead atoms. The van der Waals surface area contributed by atoms with Crippen molar-refractivity contribution in [3.8, 4) is 0 Å². The summed E-state index contributed by atoms with van der Waals surface area (Å²) in [6.45, 7) is 4.65. The third kappa shape index (κ3) is 5.78. The van der Waals surface area contributed by atoms with E-state index in [1.54, 1.807) is 7.05 Å². The molecule has 0 aliphatic carbocycles. The second-order valence-corrected chi connectivity index (χ2v) is 6.08. The minimum Gasteiger partial charge on any atom is -0.390 e. The van der Waals surface area contributed by atoms with E-state index in [1.807, 2.05) is 0 Å². The Bertz CT molecular complexity index is 503. The van der Waals surface area contributed by atoms with Gasteiger partial charge in [-0.1, -0.05) is 0 Å². The molecule has 1 heterocycles. The van der Waals surface area contributed by atoms with E-state index in [2.05, 4.69) is 22.2 Å². The number of anilines is 1. The standard InChI is InChI=1S/C16H25FN4O2/c1-19-7-9-21(10-8-19)12-15(22)11-20(2)16(23)18-14-5-3-13(17)4-6-14/h3-6,15,22H,7-12H2,1-2H3,(H,18,23). The molecule has 23 heavy (non-hydrogen) atoms. The lowest BCUT2D eigenvalue weighted by molar-refractivity contribution is 0.0670. The van der Waals surface area contributed by atoms with Crippen LogP contribution in [0.5, 0.6) is 0 Å². The molecular formula is C16H25FN4O2. The van der Waals surface area contributed by atoms with Gasteiger partial charge in [-0.2, -0.15) is 0 Å². The molecule has 2 rings (SSSR count). The van der Waals surface area contributed by atoms with Crippen LogP contribution < -0.4 is 5.32 Å². The van der Waals surface area contributed by atoms with Gasteiger partial charge in [0.2, 0.25) is 0 Å². The second kappa shape index (κ2) is 8.24. The summed E-state index contributed by atoms with van der Waals surface area (Å²) in [6.07, 6.45) is -0.595. The molecule has 2 amide bonds. The summed E-state index contributed by atoms with van der Waals surface area (Å²) in [7, 11) is 3.72. The Labute approximate surface area is 136 Å². The lowest BCUT2D eigenvalue weighted by Gasteiger charge is -2.34. The molecule has 0 radical (unpaired) electrons. The van der Waals surface area contributed by atoms with Gasteiger partial charge in [0.05, 0.1) is 6.10 Å². The minimum atomic E-state index is -0.595. The molecule has 0 aromatic heterocycles. The number of benzene rings is 1. The maximum atomic E-state index is 12.8. The fourth-order valence-electron chi connectivity index (χ4n) is 2.54. The average molecular weight is 324 g/mol. The van der Waals surface area contributed by atoms with E-state index in [9.17, 15) is 14.3 Å². The molecule has 1 aliphatic rings. The van der Waals surface area contributed by atoms with Crippen molar-refractivity contribution in [2.45, 2.75) is 6.10 Å². The second-order valence-electron chi connectivity index (χ2n) is 6.08. The van der Waals surface area contributed by atoms with Gasteiger partial charge in [0, 0.05) is 52.0 Å². The molecule has 1 aromatic rings. The molecule has 2 N–H and O–H groups in total. The van der Waals surface area contributed by atoms with E-state index in [-0.39, 0.29) is 18.4 Å². The van der Waals surface area contributed by atoms with Crippen molar-refractivity contribution < 1.29 is 14.3 Å². The molecule has 1 saturated heterocycles. The van der Waals surface area contributed by atoms with E-state index in [0.717, 1.165) is 26.2 Å². The number of nitrogens with zero attached hydrogens (tertiary/aromatic N) is 3. The van der Waals surface area contributed by atoms with Crippen molar-refractivity contribution in [2.24, 2.45) is 0 Å². The maximum absolute atomic E-state index is 12.8. The Hall–Kier alpha value is -1.70. The number of carbonyl (C=O) groups is 1. The lowest BCUT2D eigenvalue weighted by atomic mass is 10.2. The monoisotopic (exact) mass is 324 g/mol. The van der Waals surface area contributed by atoms with Gasteiger partial charge < -0.3 is 20.2 Å². The SMILES string of the molecule is CN1CCN(CC(O)CN(C)C(=O)Nc2ccc(F)cc2)CC1. The summed E-state index contributed by atoms with van der Waals surface area (Å²) in [6, 6.07) is 5.26. The number of aliphatic hydroxyl groups excluding tert-OH is 1. The highest BCUT2D eigenvalue weighted by atomic mass is 19.1. The predicted molar refractivity (Wildman–Crippen MR) is 88.0 cm³/mol. The number of aliphatic hydroxyl groups is 1. The number of β-amino-alcohol motifs (C(OH)–C–C–N with tert-alkyl or cyclic N) is 1. The smallest absolute Gasteiger partial charge is 0.321 e. The summed E-state index contributed by atoms with van der Waals surface area (Å²) in [5.74, 6) is -0.348. The Morgan fingerprint density at radius 3 is 2.52 bits per heavy atom. The number of carbonyl (C=O) groups excluding carboxylic acids is 1. The largest absolute Gasteiger partial charge is 0.390 e. The summed E-state index contributed by atoms with van der Waals surface area (Å²) in [4.78, 5) is 18.0. The van der Waals surface area contributed by atoms with E-state index in [4.69, 9.17) is 0 Å². The van der Waals surface area contributed by atoms with Crippen molar-refractivity contribution in [3.63, 3.8) is 0 Å². The van der Waals surface area contributed by atoms with Crippen molar-refractivity contribution in [1.29, 1.82) is 0 Å². The van der Waals surface area contributed by atoms with Gasteiger partial charge in [-0.05, 0) is 31.3 Å². The predicted octanol–water partition coefficient (Wildman–Crippen LogP) is 0.898. The van der Waals surface area contributed by atoms with Gasteiger partial charge in [-0.15, -0.1) is 0 Å². The number of likely N-dealkylation sites (N-methyl/N-ethyl adjacent to an activating group) is 2. The molecule has 1 aromatic carbocycles. The number of halogens is 1. The van der Waals surface area contributed by atoms with Gasteiger partial charge in [0.1, 0.15) is 5.82 Å². The van der Waals surface area contributed by atoms with E-state index in [0.29, 0.717) is 12.2 Å². The Morgan fingerprint density at radius 2 is 1.91 bits per heavy atom. The fraction of sp³-hybridized carbons (Fsp3) is 0.562. The van der Waals surface area contributed by atoms with Crippen molar-refractivity contribution in [3.05, 3.63) is 30.1 Å². The van der Waals surface area contributed by atoms with Crippen molar-refractivity contribution in [2.75, 3.05) is 58.7 Å². The topological polar surface area (TPSA) is 59.1 Å². The first-order valence-corrected chi connectivity index (χ1v) is 7.80. The summed E-state index contributed by atoms with van der Waals surface area (Å²) in [5, 5.41) is 12.8. The molecule has 1 unspecified atom stereocenters. The zero-order chi connectivity index (χ0) is 16.8. The van der Waals surface area contributed by atoms with Gasteiger partial charge in [-0.25, -0.2) is 9.18 Å². The zero-order valence-corrected chi connectivity index (χ0v) is 13.7. The third-order valence-corrected chi connectivity index (χ3v) is 3.99. The number of nitrogens with one attached hydrogen (secondary N) is 1. The van der Waals surface area contributed by atoms with Crippen LogP contribution in [-0.2, 0) is 0 Å². The third-order valence-electron chi connectivity index (χ3n) is 3.99. The van der Waals surface area contributed by atoms with Crippen LogP contribution in [0.3, 0.4) is 0 Å². The molecule has 6 nitrogen and oxygen atoms in total. The molecule has 1 fully saturated rings. The first-order chi connectivity index (χ1) is 10.9. The van der Waals surface area contributed by atoms with E-state index >= 15 is 0 Å². The quantitative estimate of drug-likeness (QED) is 0.845. The van der Waals surface area contributed by atoms with Crippen molar-refractivity contribution in [1.82, 2.24) is 14.7 Å². The number of piperazine rings is 1. The summed E-state index contributed by atoms with van der Waals surface area (Å²) < 4.78 is 12.8. The number of urea groups is 1. The lowest BCUT2D eigenvalue weighted by Crippen LogP contribution is -2.49. The summed E-state index contributed by atoms with van der Waals surface area (Å²) >= 11 is 0. The van der Waals surface area contributed by atoms with Crippen LogP contribution in [0.2, 0.25) is 0 Å². The van der Waals surface area contributed by atoms with E-state index < -0.39 is 6.10 Å². The highest BCUT2D eigenvalue weighted by molar-refractivity contribution is 5.89. The van der Waals surface area contributed by atoms with Gasteiger partial charge in [0.15, 0.2) is 0 Å². The molecule has 128 valence electrons. The molecular weight excluding hydrogens is 299 g/mol. The molecule has 1 aliphatic heterocycles. The Balaban J connectivity index is 1.75. The maximum Gasteiger partial charge on any atom is 0.321 e. The Morgan fingerprint density at radius 1 is 1.30 bits per heavy atom. The highest BCUT2D eigenvalue weighted by Gasteiger charge is 2.19. The molecule has 1 atom stereocenters. The van der Waals surface area contributed by atoms with Crippen LogP contribution in [-0.4, -0.2) is 85.3 Å². The van der Waals surface area contributed by atoms with Crippen LogP contribution in [0.4, 0.5) is 14.9 Å².